The highest BCUT2D eigenvalue weighted by Crippen LogP contribution is 2.44. The molecule has 1 saturated carbocycles. The number of hydrogen-bond acceptors (Lipinski definition) is 4. The smallest absolute Gasteiger partial charge is 0.426 e. The summed E-state index contributed by atoms with van der Waals surface area (Å²) in [5.74, 6) is -0.0410. The summed E-state index contributed by atoms with van der Waals surface area (Å²) in [4.78, 5) is 14.2. The maximum atomic E-state index is 12.6. The molecule has 6 heteroatoms. The summed E-state index contributed by atoms with van der Waals surface area (Å²) < 4.78 is 0. The zero-order valence-electron chi connectivity index (χ0n) is 10.3. The van der Waals surface area contributed by atoms with Crippen molar-refractivity contribution >= 4 is 13.0 Å². The number of fused-ring (bicyclic) bond motifs is 2. The number of likely N-dealkylation sites (tertiary alicyclic amines) is 1. The van der Waals surface area contributed by atoms with Crippen LogP contribution < -0.4 is 5.73 Å². The minimum absolute atomic E-state index is 0.00921. The van der Waals surface area contributed by atoms with E-state index in [-0.39, 0.29) is 23.8 Å². The van der Waals surface area contributed by atoms with Gasteiger partial charge in [-0.3, -0.25) is 4.79 Å². The van der Waals surface area contributed by atoms with Crippen molar-refractivity contribution in [1.29, 1.82) is 0 Å². The molecule has 1 aliphatic heterocycles. The van der Waals surface area contributed by atoms with Crippen LogP contribution in [0.2, 0.25) is 0 Å². The van der Waals surface area contributed by atoms with Gasteiger partial charge in [0.05, 0.1) is 11.9 Å². The summed E-state index contributed by atoms with van der Waals surface area (Å²) in [6.07, 6.45) is 6.67. The molecule has 0 aromatic heterocycles. The number of amides is 1. The van der Waals surface area contributed by atoms with Gasteiger partial charge in [0.25, 0.3) is 0 Å². The molecule has 2 fully saturated rings. The Labute approximate surface area is 107 Å². The van der Waals surface area contributed by atoms with Crippen LogP contribution in [0.5, 0.6) is 0 Å². The highest BCUT2D eigenvalue weighted by molar-refractivity contribution is 6.43. The lowest BCUT2D eigenvalue weighted by Gasteiger charge is -2.31. The second-order valence-corrected chi connectivity index (χ2v) is 5.71. The van der Waals surface area contributed by atoms with Crippen molar-refractivity contribution in [2.45, 2.75) is 31.2 Å². The molecule has 1 unspecified atom stereocenters. The number of carbonyl (C=O) groups excluding carboxylic acids is 1. The third-order valence-electron chi connectivity index (χ3n) is 4.73. The molecule has 1 amide bonds. The van der Waals surface area contributed by atoms with Crippen LogP contribution in [0.4, 0.5) is 0 Å². The van der Waals surface area contributed by atoms with Gasteiger partial charge in [0.15, 0.2) is 0 Å². The van der Waals surface area contributed by atoms with E-state index in [1.807, 2.05) is 0 Å². The van der Waals surface area contributed by atoms with Crippen LogP contribution >= 0.6 is 0 Å². The van der Waals surface area contributed by atoms with E-state index in [1.165, 1.54) is 0 Å². The highest BCUT2D eigenvalue weighted by Gasteiger charge is 2.49. The van der Waals surface area contributed by atoms with Crippen molar-refractivity contribution in [3.63, 3.8) is 0 Å². The van der Waals surface area contributed by atoms with E-state index in [9.17, 15) is 14.8 Å². The first-order chi connectivity index (χ1) is 8.59. The fraction of sp³-hybridized carbons (Fsp3) is 0.750. The molecule has 0 aromatic carbocycles. The summed E-state index contributed by atoms with van der Waals surface area (Å²) in [6.45, 7) is 0.617. The van der Waals surface area contributed by atoms with Crippen LogP contribution in [-0.4, -0.2) is 46.5 Å². The Morgan fingerprint density at radius 3 is 2.67 bits per heavy atom. The Morgan fingerprint density at radius 2 is 2.06 bits per heavy atom. The van der Waals surface area contributed by atoms with E-state index in [0.717, 1.165) is 12.8 Å². The van der Waals surface area contributed by atoms with Gasteiger partial charge >= 0.3 is 7.12 Å². The summed E-state index contributed by atoms with van der Waals surface area (Å²) in [7, 11) is -1.44. The van der Waals surface area contributed by atoms with E-state index in [0.29, 0.717) is 18.9 Å². The Kier molecular flexibility index (Phi) is 2.96. The molecule has 0 spiro atoms. The van der Waals surface area contributed by atoms with Crippen molar-refractivity contribution in [3.8, 4) is 0 Å². The second kappa shape index (κ2) is 4.37. The number of nitrogens with two attached hydrogens (primary N) is 1. The van der Waals surface area contributed by atoms with Gasteiger partial charge in [0.2, 0.25) is 5.91 Å². The Morgan fingerprint density at radius 1 is 1.33 bits per heavy atom. The standard InChI is InChI=1S/C12H19BN2O3/c14-11-8-4-3-7(6-8)10(11)12(16)15-5-1-2-9(15)13(17)18/h3-4,7-11,17-18H,1-2,5-6,14H2/t7-,8+,9-,10?,11+/m0/s1. The van der Waals surface area contributed by atoms with Gasteiger partial charge < -0.3 is 20.7 Å². The molecule has 1 heterocycles. The van der Waals surface area contributed by atoms with Crippen molar-refractivity contribution < 1.29 is 14.8 Å². The van der Waals surface area contributed by atoms with Gasteiger partial charge in [0.1, 0.15) is 0 Å². The minimum atomic E-state index is -1.44. The van der Waals surface area contributed by atoms with Crippen LogP contribution in [0.3, 0.4) is 0 Å². The Balaban J connectivity index is 1.77. The largest absolute Gasteiger partial charge is 0.475 e. The van der Waals surface area contributed by atoms with Gasteiger partial charge in [-0.1, -0.05) is 12.2 Å². The average molecular weight is 250 g/mol. The number of carbonyl (C=O) groups is 1. The third-order valence-corrected chi connectivity index (χ3v) is 4.73. The van der Waals surface area contributed by atoms with Crippen LogP contribution in [-0.2, 0) is 4.79 Å². The number of allylic oxidation sites excluding steroid dienone is 1. The van der Waals surface area contributed by atoms with Crippen LogP contribution in [0.25, 0.3) is 0 Å². The predicted octanol–water partition coefficient (Wildman–Crippen LogP) is -0.861. The average Bonchev–Trinajstić information content (AvgIpc) is 3.03. The van der Waals surface area contributed by atoms with Crippen LogP contribution in [0.1, 0.15) is 19.3 Å². The Bertz CT molecular complexity index is 388. The molecule has 3 aliphatic rings. The topological polar surface area (TPSA) is 86.8 Å². The molecule has 5 atom stereocenters. The Hall–Kier alpha value is -0.845. The molecule has 2 aliphatic carbocycles. The minimum Gasteiger partial charge on any atom is -0.426 e. The van der Waals surface area contributed by atoms with Gasteiger partial charge in [-0.2, -0.15) is 0 Å². The highest BCUT2D eigenvalue weighted by atomic mass is 16.4. The maximum Gasteiger partial charge on any atom is 0.475 e. The van der Waals surface area contributed by atoms with Crippen molar-refractivity contribution in [2.75, 3.05) is 6.54 Å². The summed E-state index contributed by atoms with van der Waals surface area (Å²) in [5, 5.41) is 18.7. The summed E-state index contributed by atoms with van der Waals surface area (Å²) >= 11 is 0. The molecule has 2 bridgehead atoms. The van der Waals surface area contributed by atoms with Crippen molar-refractivity contribution in [2.24, 2.45) is 23.5 Å². The summed E-state index contributed by atoms with van der Waals surface area (Å²) in [6, 6.07) is -0.107. The van der Waals surface area contributed by atoms with Gasteiger partial charge in [-0.15, -0.1) is 0 Å². The summed E-state index contributed by atoms with van der Waals surface area (Å²) in [5.41, 5.74) is 6.13. The first-order valence-corrected chi connectivity index (χ1v) is 6.70. The fourth-order valence-corrected chi connectivity index (χ4v) is 3.78. The zero-order valence-corrected chi connectivity index (χ0v) is 10.3. The SMILES string of the molecule is N[C@H]1C(C(=O)N2CCC[C@H]2B(O)O)[C@H]2C=C[C@@H]1C2. The quantitative estimate of drug-likeness (QED) is 0.439. The number of hydrogen-bond donors (Lipinski definition) is 3. The molecule has 0 radical (unpaired) electrons. The molecule has 5 nitrogen and oxygen atoms in total. The molecule has 3 rings (SSSR count). The molecule has 98 valence electrons. The first-order valence-electron chi connectivity index (χ1n) is 6.70. The van der Waals surface area contributed by atoms with Crippen molar-refractivity contribution in [3.05, 3.63) is 12.2 Å². The fourth-order valence-electron chi connectivity index (χ4n) is 3.78. The second-order valence-electron chi connectivity index (χ2n) is 5.71. The first kappa shape index (κ1) is 12.2. The lowest BCUT2D eigenvalue weighted by molar-refractivity contribution is -0.136. The van der Waals surface area contributed by atoms with E-state index in [2.05, 4.69) is 12.2 Å². The van der Waals surface area contributed by atoms with Gasteiger partial charge in [-0.05, 0) is 31.1 Å². The van der Waals surface area contributed by atoms with E-state index < -0.39 is 13.1 Å². The molecular formula is C12H19BN2O3. The van der Waals surface area contributed by atoms with Crippen LogP contribution in [0.15, 0.2) is 12.2 Å². The molecule has 0 aromatic rings. The lowest BCUT2D eigenvalue weighted by Crippen LogP contribution is -2.51. The van der Waals surface area contributed by atoms with Gasteiger partial charge in [0, 0.05) is 12.6 Å². The van der Waals surface area contributed by atoms with E-state index in [4.69, 9.17) is 5.73 Å². The molecule has 1 saturated heterocycles. The molecule has 4 N–H and O–H groups in total. The molecular weight excluding hydrogens is 231 g/mol. The van der Waals surface area contributed by atoms with E-state index >= 15 is 0 Å². The molecule has 18 heavy (non-hydrogen) atoms. The maximum absolute atomic E-state index is 12.6. The third kappa shape index (κ3) is 1.71. The number of rotatable bonds is 2. The lowest BCUT2D eigenvalue weighted by atomic mass is 9.77. The monoisotopic (exact) mass is 250 g/mol. The zero-order chi connectivity index (χ0) is 12.9. The normalized spacial score (nSPS) is 41.7. The number of nitrogens with zero attached hydrogens (tertiary/aromatic N) is 1. The van der Waals surface area contributed by atoms with E-state index in [1.54, 1.807) is 4.90 Å². The predicted molar refractivity (Wildman–Crippen MR) is 67.1 cm³/mol. The van der Waals surface area contributed by atoms with Crippen LogP contribution in [0, 0.1) is 17.8 Å². The van der Waals surface area contributed by atoms with Gasteiger partial charge in [-0.25, -0.2) is 0 Å². The van der Waals surface area contributed by atoms with Crippen molar-refractivity contribution in [1.82, 2.24) is 4.90 Å².